The zero-order chi connectivity index (χ0) is 15.4. The van der Waals surface area contributed by atoms with Crippen molar-refractivity contribution in [3.05, 3.63) is 35.4 Å². The van der Waals surface area contributed by atoms with Crippen LogP contribution in [0.2, 0.25) is 0 Å². The molecule has 5 nitrogen and oxygen atoms in total. The van der Waals surface area contributed by atoms with E-state index in [1.807, 2.05) is 14.0 Å². The summed E-state index contributed by atoms with van der Waals surface area (Å²) < 4.78 is 0. The summed E-state index contributed by atoms with van der Waals surface area (Å²) in [6.07, 6.45) is 1.65. The third-order valence-corrected chi connectivity index (χ3v) is 4.04. The number of carbonyl (C=O) groups excluding carboxylic acids is 2. The molecule has 1 unspecified atom stereocenters. The molecule has 2 amide bonds. The number of carbonyl (C=O) groups is 2. The zero-order valence-corrected chi connectivity index (χ0v) is 12.6. The van der Waals surface area contributed by atoms with Gasteiger partial charge in [0.1, 0.15) is 0 Å². The van der Waals surface area contributed by atoms with Crippen molar-refractivity contribution < 1.29 is 14.7 Å². The number of amides is 2. The van der Waals surface area contributed by atoms with Crippen LogP contribution in [0, 0.1) is 0 Å². The van der Waals surface area contributed by atoms with Crippen LogP contribution >= 0.6 is 0 Å². The number of rotatable bonds is 7. The number of nitrogens with zero attached hydrogens (tertiary/aromatic N) is 2. The Balaban J connectivity index is 1.83. The van der Waals surface area contributed by atoms with Gasteiger partial charge in [-0.25, -0.2) is 0 Å². The summed E-state index contributed by atoms with van der Waals surface area (Å²) in [6, 6.07) is 7.08. The number of aliphatic hydroxyl groups excluding tert-OH is 1. The Bertz CT molecular complexity index is 495. The molecule has 1 atom stereocenters. The maximum Gasteiger partial charge on any atom is 0.261 e. The smallest absolute Gasteiger partial charge is 0.261 e. The van der Waals surface area contributed by atoms with Crippen molar-refractivity contribution in [1.29, 1.82) is 0 Å². The van der Waals surface area contributed by atoms with E-state index in [0.717, 1.165) is 19.4 Å². The van der Waals surface area contributed by atoms with Crippen molar-refractivity contribution in [2.45, 2.75) is 25.8 Å². The average Bonchev–Trinajstić information content (AvgIpc) is 2.75. The Labute approximate surface area is 125 Å². The predicted molar refractivity (Wildman–Crippen MR) is 80.2 cm³/mol. The van der Waals surface area contributed by atoms with Gasteiger partial charge < -0.3 is 10.0 Å². The first-order valence-corrected chi connectivity index (χ1v) is 7.32. The molecule has 1 N–H and O–H groups in total. The van der Waals surface area contributed by atoms with Crippen LogP contribution in [-0.4, -0.2) is 59.5 Å². The molecule has 21 heavy (non-hydrogen) atoms. The molecular formula is C16H22N2O3. The summed E-state index contributed by atoms with van der Waals surface area (Å²) in [7, 11) is 1.96. The zero-order valence-electron chi connectivity index (χ0n) is 12.6. The van der Waals surface area contributed by atoms with Crippen molar-refractivity contribution in [1.82, 2.24) is 9.80 Å². The third kappa shape index (κ3) is 3.31. The molecule has 0 radical (unpaired) electrons. The van der Waals surface area contributed by atoms with Crippen LogP contribution < -0.4 is 0 Å². The second kappa shape index (κ2) is 6.83. The van der Waals surface area contributed by atoms with E-state index in [1.54, 1.807) is 24.3 Å². The van der Waals surface area contributed by atoms with Gasteiger partial charge in [-0.3, -0.25) is 14.5 Å². The molecule has 1 aliphatic rings. The molecule has 0 aromatic heterocycles. The normalized spacial score (nSPS) is 15.7. The Morgan fingerprint density at radius 2 is 1.71 bits per heavy atom. The number of hydrogen-bond donors (Lipinski definition) is 1. The van der Waals surface area contributed by atoms with Crippen LogP contribution in [0.4, 0.5) is 0 Å². The minimum atomic E-state index is -0.187. The van der Waals surface area contributed by atoms with Crippen LogP contribution in [0.5, 0.6) is 0 Å². The van der Waals surface area contributed by atoms with Crippen LogP contribution in [0.3, 0.4) is 0 Å². The highest BCUT2D eigenvalue weighted by Gasteiger charge is 2.34. The number of likely N-dealkylation sites (N-methyl/N-ethyl adjacent to an activating group) is 1. The van der Waals surface area contributed by atoms with E-state index in [-0.39, 0.29) is 24.5 Å². The summed E-state index contributed by atoms with van der Waals surface area (Å²) in [6.45, 7) is 3.39. The fourth-order valence-electron chi connectivity index (χ4n) is 2.43. The topological polar surface area (TPSA) is 60.9 Å². The van der Waals surface area contributed by atoms with Crippen molar-refractivity contribution >= 4 is 11.8 Å². The van der Waals surface area contributed by atoms with Crippen LogP contribution in [0.1, 0.15) is 40.5 Å². The van der Waals surface area contributed by atoms with Gasteiger partial charge in [-0.1, -0.05) is 12.1 Å². The van der Waals surface area contributed by atoms with Gasteiger partial charge in [0.25, 0.3) is 11.8 Å². The van der Waals surface area contributed by atoms with Gasteiger partial charge in [0.05, 0.1) is 17.7 Å². The highest BCUT2D eigenvalue weighted by Crippen LogP contribution is 2.22. The van der Waals surface area contributed by atoms with E-state index in [1.165, 1.54) is 4.90 Å². The Hall–Kier alpha value is -1.72. The van der Waals surface area contributed by atoms with Crippen molar-refractivity contribution in [3.63, 3.8) is 0 Å². The number of hydrogen-bond acceptors (Lipinski definition) is 4. The maximum atomic E-state index is 12.2. The fraction of sp³-hybridized carbons (Fsp3) is 0.500. The minimum Gasteiger partial charge on any atom is -0.395 e. The first kappa shape index (κ1) is 15.7. The van der Waals surface area contributed by atoms with E-state index in [2.05, 4.69) is 4.90 Å². The number of aliphatic hydroxyl groups is 1. The molecule has 0 saturated carbocycles. The quantitative estimate of drug-likeness (QED) is 0.609. The number of benzene rings is 1. The molecule has 2 rings (SSSR count). The van der Waals surface area contributed by atoms with Crippen LogP contribution in [0.25, 0.3) is 0 Å². The van der Waals surface area contributed by atoms with Crippen LogP contribution in [0.15, 0.2) is 24.3 Å². The summed E-state index contributed by atoms with van der Waals surface area (Å²) >= 11 is 0. The highest BCUT2D eigenvalue weighted by atomic mass is 16.3. The highest BCUT2D eigenvalue weighted by molar-refractivity contribution is 6.21. The fourth-order valence-corrected chi connectivity index (χ4v) is 2.43. The molecular weight excluding hydrogens is 268 g/mol. The molecule has 1 heterocycles. The SMILES string of the molecule is CC(CO)N(C)CCCCN1C(=O)c2ccccc2C1=O. The molecule has 1 aromatic rings. The standard InChI is InChI=1S/C16H22N2O3/c1-12(11-19)17(2)9-5-6-10-18-15(20)13-7-3-4-8-14(13)16(18)21/h3-4,7-8,12,19H,5-6,9-11H2,1-2H3. The molecule has 0 saturated heterocycles. The van der Waals surface area contributed by atoms with Crippen molar-refractivity contribution in [2.24, 2.45) is 0 Å². The summed E-state index contributed by atoms with van der Waals surface area (Å²) in [4.78, 5) is 27.7. The lowest BCUT2D eigenvalue weighted by Gasteiger charge is -2.23. The number of imide groups is 1. The first-order chi connectivity index (χ1) is 10.1. The Morgan fingerprint density at radius 3 is 2.24 bits per heavy atom. The number of fused-ring (bicyclic) bond motifs is 1. The minimum absolute atomic E-state index is 0.129. The maximum absolute atomic E-state index is 12.2. The summed E-state index contributed by atoms with van der Waals surface area (Å²) in [5.74, 6) is -0.375. The van der Waals surface area contributed by atoms with Gasteiger partial charge >= 0.3 is 0 Å². The average molecular weight is 290 g/mol. The van der Waals surface area contributed by atoms with Crippen LogP contribution in [-0.2, 0) is 0 Å². The second-order valence-corrected chi connectivity index (χ2v) is 5.53. The van der Waals surface area contributed by atoms with Gasteiger partial charge in [0, 0.05) is 12.6 Å². The lowest BCUT2D eigenvalue weighted by Crippen LogP contribution is -2.34. The van der Waals surface area contributed by atoms with Crippen molar-refractivity contribution in [3.8, 4) is 0 Å². The van der Waals surface area contributed by atoms with Crippen molar-refractivity contribution in [2.75, 3.05) is 26.7 Å². The number of unbranched alkanes of at least 4 members (excludes halogenated alkanes) is 1. The summed E-state index contributed by atoms with van der Waals surface area (Å²) in [5, 5.41) is 9.06. The molecule has 1 aliphatic heterocycles. The lowest BCUT2D eigenvalue weighted by atomic mass is 10.1. The Kier molecular flexibility index (Phi) is 5.09. The molecule has 114 valence electrons. The van der Waals surface area contributed by atoms with Gasteiger partial charge in [-0.05, 0) is 45.5 Å². The van der Waals surface area contributed by atoms with Gasteiger partial charge in [0.2, 0.25) is 0 Å². The molecule has 0 bridgehead atoms. The van der Waals surface area contributed by atoms with E-state index >= 15 is 0 Å². The third-order valence-electron chi connectivity index (χ3n) is 4.04. The van der Waals surface area contributed by atoms with Gasteiger partial charge in [-0.15, -0.1) is 0 Å². The predicted octanol–water partition coefficient (Wildman–Crippen LogP) is 1.38. The van der Waals surface area contributed by atoms with E-state index in [9.17, 15) is 9.59 Å². The monoisotopic (exact) mass is 290 g/mol. The molecule has 5 heteroatoms. The Morgan fingerprint density at radius 1 is 1.14 bits per heavy atom. The van der Waals surface area contributed by atoms with E-state index < -0.39 is 0 Å². The first-order valence-electron chi connectivity index (χ1n) is 7.32. The van der Waals surface area contributed by atoms with E-state index in [0.29, 0.717) is 17.7 Å². The molecule has 0 fully saturated rings. The van der Waals surface area contributed by atoms with E-state index in [4.69, 9.17) is 5.11 Å². The lowest BCUT2D eigenvalue weighted by molar-refractivity contribution is 0.0649. The van der Waals surface area contributed by atoms with Gasteiger partial charge in [0.15, 0.2) is 0 Å². The molecule has 0 spiro atoms. The largest absolute Gasteiger partial charge is 0.395 e. The summed E-state index contributed by atoms with van der Waals surface area (Å²) in [5.41, 5.74) is 1.02. The molecule has 0 aliphatic carbocycles. The van der Waals surface area contributed by atoms with Gasteiger partial charge in [-0.2, -0.15) is 0 Å². The second-order valence-electron chi connectivity index (χ2n) is 5.53. The molecule has 1 aromatic carbocycles.